The Morgan fingerprint density at radius 3 is 1.81 bits per heavy atom. The van der Waals surface area contributed by atoms with Gasteiger partial charge in [0.25, 0.3) is 5.82 Å². The zero-order valence-corrected chi connectivity index (χ0v) is 33.2. The number of aryl methyl sites for hydroxylation is 2. The van der Waals surface area contributed by atoms with Crippen LogP contribution in [0.25, 0.3) is 72.3 Å². The predicted octanol–water partition coefficient (Wildman–Crippen LogP) is 14.2. The fraction of sp³-hybridized carbons (Fsp3) is 0.275. The molecule has 0 saturated heterocycles. The van der Waals surface area contributed by atoms with Crippen LogP contribution in [-0.2, 0) is 7.05 Å². The number of hydrogen-bond acceptors (Lipinski definition) is 1. The molecule has 54 heavy (non-hydrogen) atoms. The van der Waals surface area contributed by atoms with Gasteiger partial charge < -0.3 is 4.42 Å². The first-order chi connectivity index (χ1) is 27.6. The average molecular weight is 715 g/mol. The number of fused-ring (bicyclic) bond motifs is 4. The van der Waals surface area contributed by atoms with Crippen molar-refractivity contribution < 1.29 is 15.8 Å². The molecule has 8 aromatic rings. The topological polar surface area (TPSA) is 21.9 Å². The van der Waals surface area contributed by atoms with Crippen LogP contribution in [0.3, 0.4) is 0 Å². The van der Waals surface area contributed by atoms with Gasteiger partial charge in [0.2, 0.25) is 0 Å². The minimum atomic E-state index is -1.08. The largest absolute Gasteiger partial charge is 0.455 e. The molecule has 6 aromatic carbocycles. The number of imidazole rings is 1. The van der Waals surface area contributed by atoms with Crippen LogP contribution in [0, 0.1) is 6.92 Å². The summed E-state index contributed by atoms with van der Waals surface area (Å²) < 4.78 is 57.6. The Hall–Kier alpha value is -5.41. The van der Waals surface area contributed by atoms with Gasteiger partial charge in [-0.15, -0.1) is 0 Å². The van der Waals surface area contributed by atoms with E-state index in [0.29, 0.717) is 22.3 Å². The zero-order valence-electron chi connectivity index (χ0n) is 38.2. The van der Waals surface area contributed by atoms with Crippen LogP contribution in [0.2, 0.25) is 0 Å². The molecule has 0 aliphatic heterocycles. The first-order valence-electron chi connectivity index (χ1n) is 21.4. The van der Waals surface area contributed by atoms with Crippen LogP contribution in [0.15, 0.2) is 120 Å². The van der Waals surface area contributed by atoms with Gasteiger partial charge in [-0.3, -0.25) is 0 Å². The van der Waals surface area contributed by atoms with Crippen LogP contribution in [-0.4, -0.2) is 4.57 Å². The Balaban J connectivity index is 1.45. The van der Waals surface area contributed by atoms with Crippen molar-refractivity contribution in [1.82, 2.24) is 4.57 Å². The Bertz CT molecular complexity index is 2880. The van der Waals surface area contributed by atoms with Crippen molar-refractivity contribution in [2.45, 2.75) is 85.9 Å². The minimum absolute atomic E-state index is 0.275. The maximum absolute atomic E-state index is 9.37. The van der Waals surface area contributed by atoms with Crippen LogP contribution < -0.4 is 4.57 Å². The van der Waals surface area contributed by atoms with E-state index in [4.69, 9.17) is 5.79 Å². The highest BCUT2D eigenvalue weighted by atomic mass is 16.3. The summed E-state index contributed by atoms with van der Waals surface area (Å²) in [6.45, 7) is 17.1. The maximum atomic E-state index is 9.37. The standard InChI is InChI=1S/C51H53N2O/c1-30(2)38-19-16-20-39(31(3)4)49(38)53-45-22-15-14-21-44(45)52(10)51(53)47-34(9)23-25-41-40-26-24-36(29-46(40)54-50(41)47)48-42(32(5)6)27-37(28-43(48)33(7)8)35-17-12-11-13-18-35/h11-33H,1-10H3/q+1/i16D,30D,31D,32D,33D. The van der Waals surface area contributed by atoms with Crippen molar-refractivity contribution in [3.8, 4) is 39.3 Å². The van der Waals surface area contributed by atoms with Gasteiger partial charge >= 0.3 is 0 Å². The summed E-state index contributed by atoms with van der Waals surface area (Å²) in [6, 6.07) is 37.0. The third-order valence-corrected chi connectivity index (χ3v) is 11.0. The van der Waals surface area contributed by atoms with Crippen LogP contribution >= 0.6 is 0 Å². The molecule has 0 saturated carbocycles. The highest BCUT2D eigenvalue weighted by molar-refractivity contribution is 6.10. The molecule has 0 unspecified atom stereocenters. The quantitative estimate of drug-likeness (QED) is 0.144. The molecule has 0 bridgehead atoms. The molecule has 2 heterocycles. The Morgan fingerprint density at radius 2 is 1.19 bits per heavy atom. The van der Waals surface area contributed by atoms with Gasteiger partial charge in [-0.2, -0.15) is 4.57 Å². The van der Waals surface area contributed by atoms with Crippen molar-refractivity contribution in [3.05, 3.63) is 143 Å². The SMILES string of the molecule is [2H]c1cc(C([2H])(C)C)c(-n2c(-c3c(C)ccc4c3oc3cc(-c5c(C([2H])(C)C)cc(-c6ccccc6)cc5C([2H])(C)C)ccc34)[n+](C)c3ccccc32)c(C([2H])(C)C)c1. The number of furan rings is 1. The molecule has 8 rings (SSSR count). The van der Waals surface area contributed by atoms with E-state index in [0.717, 1.165) is 77.8 Å². The van der Waals surface area contributed by atoms with Gasteiger partial charge in [-0.25, -0.2) is 4.57 Å². The lowest BCUT2D eigenvalue weighted by molar-refractivity contribution is -0.633. The summed E-state index contributed by atoms with van der Waals surface area (Å²) in [5, 5.41) is 1.91. The van der Waals surface area contributed by atoms with Gasteiger partial charge in [0.05, 0.1) is 8.42 Å². The van der Waals surface area contributed by atoms with Crippen LogP contribution in [0.1, 0.15) is 114 Å². The minimum Gasteiger partial charge on any atom is -0.455 e. The normalized spacial score (nSPS) is 14.3. The van der Waals surface area contributed by atoms with Gasteiger partial charge in [0.15, 0.2) is 16.6 Å². The van der Waals surface area contributed by atoms with Crippen molar-refractivity contribution in [3.63, 3.8) is 0 Å². The highest BCUT2D eigenvalue weighted by Crippen LogP contribution is 2.45. The molecule has 0 aliphatic carbocycles. The summed E-state index contributed by atoms with van der Waals surface area (Å²) in [4.78, 5) is 0. The van der Waals surface area contributed by atoms with Gasteiger partial charge in [-0.05, 0) is 93.7 Å². The first kappa shape index (κ1) is 30.0. The smallest absolute Gasteiger partial charge is 0.299 e. The Morgan fingerprint density at radius 1 is 0.593 bits per heavy atom. The second-order valence-electron chi connectivity index (χ2n) is 15.6. The summed E-state index contributed by atoms with van der Waals surface area (Å²) in [7, 11) is 2.05. The molecule has 0 fully saturated rings. The van der Waals surface area contributed by atoms with E-state index >= 15 is 0 Å². The molecular weight excluding hydrogens is 657 g/mol. The first-order valence-corrected chi connectivity index (χ1v) is 18.9. The molecular formula is C51H53N2O+. The van der Waals surface area contributed by atoms with Gasteiger partial charge in [0, 0.05) is 27.4 Å². The third kappa shape index (κ3) is 5.77. The molecule has 0 aliphatic rings. The van der Waals surface area contributed by atoms with E-state index in [9.17, 15) is 5.48 Å². The lowest BCUT2D eigenvalue weighted by Crippen LogP contribution is -2.30. The molecule has 3 nitrogen and oxygen atoms in total. The van der Waals surface area contributed by atoms with E-state index in [1.54, 1.807) is 12.1 Å². The number of nitrogens with zero attached hydrogens (tertiary/aromatic N) is 2. The number of para-hydroxylation sites is 3. The number of rotatable bonds is 8. The van der Waals surface area contributed by atoms with E-state index in [-0.39, 0.29) is 6.04 Å². The molecule has 272 valence electrons. The lowest BCUT2D eigenvalue weighted by atomic mass is 9.82. The third-order valence-electron chi connectivity index (χ3n) is 11.0. The zero-order chi connectivity index (χ0) is 42.6. The van der Waals surface area contributed by atoms with Gasteiger partial charge in [-0.1, -0.05) is 146 Å². The predicted molar refractivity (Wildman–Crippen MR) is 229 cm³/mol. The Kier molecular flexibility index (Phi) is 7.65. The van der Waals surface area contributed by atoms with E-state index in [2.05, 4.69) is 89.8 Å². The fourth-order valence-corrected chi connectivity index (χ4v) is 8.23. The van der Waals surface area contributed by atoms with Crippen LogP contribution in [0.5, 0.6) is 0 Å². The number of hydrogen-bond donors (Lipinski definition) is 0. The molecule has 0 amide bonds. The molecule has 0 N–H and O–H groups in total. The fourth-order valence-electron chi connectivity index (χ4n) is 8.23. The maximum Gasteiger partial charge on any atom is 0.299 e. The van der Waals surface area contributed by atoms with Crippen molar-refractivity contribution in [1.29, 1.82) is 0 Å². The molecule has 3 heteroatoms. The second-order valence-corrected chi connectivity index (χ2v) is 15.6. The van der Waals surface area contributed by atoms with E-state index < -0.39 is 23.6 Å². The summed E-state index contributed by atoms with van der Waals surface area (Å²) in [6.07, 6.45) is 0. The van der Waals surface area contributed by atoms with Crippen molar-refractivity contribution in [2.24, 2.45) is 7.05 Å². The monoisotopic (exact) mass is 714 g/mol. The molecule has 2 aromatic heterocycles. The summed E-state index contributed by atoms with van der Waals surface area (Å²) in [5.41, 5.74) is 12.8. The summed E-state index contributed by atoms with van der Waals surface area (Å²) >= 11 is 0. The van der Waals surface area contributed by atoms with E-state index in [1.807, 2.05) is 85.7 Å². The van der Waals surface area contributed by atoms with E-state index in [1.165, 1.54) is 0 Å². The van der Waals surface area contributed by atoms with Gasteiger partial charge in [0.1, 0.15) is 16.8 Å². The van der Waals surface area contributed by atoms with Crippen molar-refractivity contribution >= 4 is 33.0 Å². The van der Waals surface area contributed by atoms with Crippen molar-refractivity contribution in [2.75, 3.05) is 0 Å². The Labute approximate surface area is 327 Å². The lowest BCUT2D eigenvalue weighted by Gasteiger charge is -2.22. The average Bonchev–Trinajstić information content (AvgIpc) is 3.67. The number of benzene rings is 6. The highest BCUT2D eigenvalue weighted by Gasteiger charge is 2.33. The molecule has 0 atom stereocenters. The molecule has 0 spiro atoms. The summed E-state index contributed by atoms with van der Waals surface area (Å²) in [5.74, 6) is -3.25. The van der Waals surface area contributed by atoms with Crippen LogP contribution in [0.4, 0.5) is 0 Å². The number of aromatic nitrogens is 2. The molecule has 0 radical (unpaired) electrons. The second kappa shape index (κ2) is 13.8.